The molecule has 29 heavy (non-hydrogen) atoms. The molecule has 1 fully saturated rings. The first-order valence-electron chi connectivity index (χ1n) is 9.88. The molecule has 2 aromatic rings. The SMILES string of the molecule is CCOc1ccc(/C=C/C(=O)Nc2cccc(NC(=O)C3CC3)c2)cc1OCC. The monoisotopic (exact) mass is 394 g/mol. The van der Waals surface area contributed by atoms with E-state index >= 15 is 0 Å². The van der Waals surface area contributed by atoms with Crippen LogP contribution in [-0.4, -0.2) is 25.0 Å². The molecule has 0 aromatic heterocycles. The highest BCUT2D eigenvalue weighted by molar-refractivity contribution is 6.02. The minimum absolute atomic E-state index is 0.0361. The van der Waals surface area contributed by atoms with E-state index in [1.165, 1.54) is 6.08 Å². The van der Waals surface area contributed by atoms with E-state index in [1.807, 2.05) is 32.0 Å². The van der Waals surface area contributed by atoms with Gasteiger partial charge in [0.15, 0.2) is 11.5 Å². The number of ether oxygens (including phenoxy) is 2. The standard InChI is InChI=1S/C23H26N2O4/c1-3-28-20-12-8-16(14-21(20)29-4-2)9-13-22(26)24-18-6-5-7-19(15-18)25-23(27)17-10-11-17/h5-9,12-15,17H,3-4,10-11H2,1-2H3,(H,24,26)(H,25,27)/b13-9+. The number of hydrogen-bond donors (Lipinski definition) is 2. The molecule has 1 aliphatic carbocycles. The largest absolute Gasteiger partial charge is 0.490 e. The van der Waals surface area contributed by atoms with Gasteiger partial charge in [-0.1, -0.05) is 12.1 Å². The highest BCUT2D eigenvalue weighted by Gasteiger charge is 2.29. The van der Waals surface area contributed by atoms with E-state index in [0.717, 1.165) is 18.4 Å². The van der Waals surface area contributed by atoms with E-state index in [1.54, 1.807) is 30.3 Å². The maximum Gasteiger partial charge on any atom is 0.248 e. The van der Waals surface area contributed by atoms with Crippen LogP contribution in [0.15, 0.2) is 48.5 Å². The molecule has 152 valence electrons. The zero-order chi connectivity index (χ0) is 20.6. The second-order valence-electron chi connectivity index (χ2n) is 6.74. The van der Waals surface area contributed by atoms with Crippen LogP contribution in [-0.2, 0) is 9.59 Å². The molecule has 0 radical (unpaired) electrons. The molecule has 0 spiro atoms. The number of benzene rings is 2. The van der Waals surface area contributed by atoms with Crippen molar-refractivity contribution >= 4 is 29.3 Å². The van der Waals surface area contributed by atoms with Gasteiger partial charge in [0.25, 0.3) is 0 Å². The van der Waals surface area contributed by atoms with Gasteiger partial charge in [-0.05, 0) is 68.7 Å². The van der Waals surface area contributed by atoms with Gasteiger partial charge in [0.2, 0.25) is 11.8 Å². The molecule has 0 bridgehead atoms. The Morgan fingerprint density at radius 2 is 1.66 bits per heavy atom. The number of carbonyl (C=O) groups is 2. The van der Waals surface area contributed by atoms with Crippen LogP contribution in [0, 0.1) is 5.92 Å². The van der Waals surface area contributed by atoms with Gasteiger partial charge in [-0.25, -0.2) is 0 Å². The van der Waals surface area contributed by atoms with Gasteiger partial charge >= 0.3 is 0 Å². The van der Waals surface area contributed by atoms with Crippen molar-refractivity contribution < 1.29 is 19.1 Å². The highest BCUT2D eigenvalue weighted by atomic mass is 16.5. The van der Waals surface area contributed by atoms with Crippen LogP contribution >= 0.6 is 0 Å². The number of hydrogen-bond acceptors (Lipinski definition) is 4. The Bertz CT molecular complexity index is 904. The van der Waals surface area contributed by atoms with E-state index in [-0.39, 0.29) is 17.7 Å². The second-order valence-corrected chi connectivity index (χ2v) is 6.74. The summed E-state index contributed by atoms with van der Waals surface area (Å²) in [6, 6.07) is 12.7. The zero-order valence-electron chi connectivity index (χ0n) is 16.7. The van der Waals surface area contributed by atoms with Crippen LogP contribution in [0.2, 0.25) is 0 Å². The van der Waals surface area contributed by atoms with Crippen LogP contribution in [0.5, 0.6) is 11.5 Å². The summed E-state index contributed by atoms with van der Waals surface area (Å²) in [5, 5.41) is 5.68. The van der Waals surface area contributed by atoms with Gasteiger partial charge < -0.3 is 20.1 Å². The average Bonchev–Trinajstić information content (AvgIpc) is 3.54. The summed E-state index contributed by atoms with van der Waals surface area (Å²) in [7, 11) is 0. The summed E-state index contributed by atoms with van der Waals surface area (Å²) in [5.74, 6) is 1.24. The molecule has 3 rings (SSSR count). The summed E-state index contributed by atoms with van der Waals surface area (Å²) in [5.41, 5.74) is 2.13. The molecule has 0 saturated heterocycles. The minimum atomic E-state index is -0.262. The first-order chi connectivity index (χ1) is 14.1. The van der Waals surface area contributed by atoms with Gasteiger partial charge in [-0.15, -0.1) is 0 Å². The van der Waals surface area contributed by atoms with Gasteiger partial charge in [0.05, 0.1) is 13.2 Å². The van der Waals surface area contributed by atoms with Crippen molar-refractivity contribution in [3.8, 4) is 11.5 Å². The third-order valence-electron chi connectivity index (χ3n) is 4.34. The van der Waals surface area contributed by atoms with Crippen LogP contribution in [0.3, 0.4) is 0 Å². The molecule has 6 heteroatoms. The molecule has 0 aliphatic heterocycles. The zero-order valence-corrected chi connectivity index (χ0v) is 16.7. The van der Waals surface area contributed by atoms with Crippen LogP contribution in [0.4, 0.5) is 11.4 Å². The number of amides is 2. The first-order valence-corrected chi connectivity index (χ1v) is 9.88. The first kappa shape index (κ1) is 20.5. The molecular weight excluding hydrogens is 368 g/mol. The number of carbonyl (C=O) groups excluding carboxylic acids is 2. The maximum absolute atomic E-state index is 12.3. The third kappa shape index (κ3) is 6.10. The lowest BCUT2D eigenvalue weighted by molar-refractivity contribution is -0.117. The highest BCUT2D eigenvalue weighted by Crippen LogP contribution is 2.31. The summed E-state index contributed by atoms with van der Waals surface area (Å²) >= 11 is 0. The second kappa shape index (κ2) is 9.78. The predicted octanol–water partition coefficient (Wildman–Crippen LogP) is 4.48. The van der Waals surface area contributed by atoms with Crippen molar-refractivity contribution in [2.75, 3.05) is 23.8 Å². The molecule has 2 aromatic carbocycles. The van der Waals surface area contributed by atoms with E-state index in [0.29, 0.717) is 36.1 Å². The van der Waals surface area contributed by atoms with Crippen LogP contribution in [0.1, 0.15) is 32.3 Å². The Balaban J connectivity index is 1.62. The Hall–Kier alpha value is -3.28. The van der Waals surface area contributed by atoms with Crippen molar-refractivity contribution in [1.82, 2.24) is 0 Å². The number of rotatable bonds is 9. The Kier molecular flexibility index (Phi) is 6.89. The Labute approximate surface area is 170 Å². The van der Waals surface area contributed by atoms with E-state index in [9.17, 15) is 9.59 Å². The average molecular weight is 394 g/mol. The van der Waals surface area contributed by atoms with Crippen LogP contribution < -0.4 is 20.1 Å². The van der Waals surface area contributed by atoms with Gasteiger partial charge in [0.1, 0.15) is 0 Å². The van der Waals surface area contributed by atoms with Gasteiger partial charge in [-0.3, -0.25) is 9.59 Å². The Morgan fingerprint density at radius 3 is 2.34 bits per heavy atom. The molecule has 2 N–H and O–H groups in total. The van der Waals surface area contributed by atoms with Crippen molar-refractivity contribution in [2.24, 2.45) is 5.92 Å². The van der Waals surface area contributed by atoms with Gasteiger partial charge in [0, 0.05) is 23.4 Å². The van der Waals surface area contributed by atoms with Crippen LogP contribution in [0.25, 0.3) is 6.08 Å². The molecule has 0 unspecified atom stereocenters. The molecule has 1 saturated carbocycles. The lowest BCUT2D eigenvalue weighted by atomic mass is 10.2. The molecule has 0 heterocycles. The summed E-state index contributed by atoms with van der Waals surface area (Å²) in [4.78, 5) is 24.2. The summed E-state index contributed by atoms with van der Waals surface area (Å²) in [6.07, 6.45) is 5.07. The van der Waals surface area contributed by atoms with E-state index in [2.05, 4.69) is 10.6 Å². The maximum atomic E-state index is 12.3. The Morgan fingerprint density at radius 1 is 0.966 bits per heavy atom. The fraction of sp³-hybridized carbons (Fsp3) is 0.304. The minimum Gasteiger partial charge on any atom is -0.490 e. The lowest BCUT2D eigenvalue weighted by Gasteiger charge is -2.11. The van der Waals surface area contributed by atoms with Crippen molar-refractivity contribution in [1.29, 1.82) is 0 Å². The molecule has 0 atom stereocenters. The van der Waals surface area contributed by atoms with E-state index in [4.69, 9.17) is 9.47 Å². The molecule has 2 amide bonds. The third-order valence-corrected chi connectivity index (χ3v) is 4.34. The molecular formula is C23H26N2O4. The van der Waals surface area contributed by atoms with Crippen molar-refractivity contribution in [3.63, 3.8) is 0 Å². The predicted molar refractivity (Wildman–Crippen MR) is 114 cm³/mol. The topological polar surface area (TPSA) is 76.7 Å². The fourth-order valence-corrected chi connectivity index (χ4v) is 2.79. The normalized spacial score (nSPS) is 13.2. The number of nitrogens with one attached hydrogen (secondary N) is 2. The van der Waals surface area contributed by atoms with Crippen molar-refractivity contribution in [2.45, 2.75) is 26.7 Å². The quantitative estimate of drug-likeness (QED) is 0.615. The van der Waals surface area contributed by atoms with E-state index < -0.39 is 0 Å². The number of anilines is 2. The molecule has 6 nitrogen and oxygen atoms in total. The lowest BCUT2D eigenvalue weighted by Crippen LogP contribution is -2.14. The summed E-state index contributed by atoms with van der Waals surface area (Å²) in [6.45, 7) is 4.91. The van der Waals surface area contributed by atoms with Crippen molar-refractivity contribution in [3.05, 3.63) is 54.1 Å². The van der Waals surface area contributed by atoms with Gasteiger partial charge in [-0.2, -0.15) is 0 Å². The molecule has 1 aliphatic rings. The summed E-state index contributed by atoms with van der Waals surface area (Å²) < 4.78 is 11.2. The fourth-order valence-electron chi connectivity index (χ4n) is 2.79. The smallest absolute Gasteiger partial charge is 0.248 e.